The van der Waals surface area contributed by atoms with Gasteiger partial charge in [-0.3, -0.25) is 4.79 Å². The molecule has 30 heavy (non-hydrogen) atoms. The zero-order valence-corrected chi connectivity index (χ0v) is 19.2. The normalized spacial score (nSPS) is 24.0. The number of aliphatic hydroxyl groups excluding tert-OH is 1. The van der Waals surface area contributed by atoms with Gasteiger partial charge in [-0.15, -0.1) is 0 Å². The van der Waals surface area contributed by atoms with Crippen LogP contribution in [0.1, 0.15) is 90.9 Å². The molecule has 0 aromatic carbocycles. The summed E-state index contributed by atoms with van der Waals surface area (Å²) in [7, 11) is 0. The molecule has 0 aromatic heterocycles. The smallest absolute Gasteiger partial charge is 0.389 e. The van der Waals surface area contributed by atoms with Crippen molar-refractivity contribution in [2.45, 2.75) is 114 Å². The third-order valence-electron chi connectivity index (χ3n) is 5.73. The van der Waals surface area contributed by atoms with Gasteiger partial charge in [0.15, 0.2) is 0 Å². The van der Waals surface area contributed by atoms with E-state index in [0.717, 1.165) is 44.9 Å². The van der Waals surface area contributed by atoms with E-state index in [4.69, 9.17) is 4.74 Å². The van der Waals surface area contributed by atoms with Crippen molar-refractivity contribution in [3.63, 3.8) is 0 Å². The van der Waals surface area contributed by atoms with Gasteiger partial charge in [0.05, 0.1) is 18.3 Å². The molecule has 0 saturated heterocycles. The molecule has 0 amide bonds. The SMILES string of the molecule is CCOC(=O)CCCCCCC1C(O)CCC1SCC(C)(O)CCCCC(F)(F)F. The fraction of sp³-hybridized carbons (Fsp3) is 0.955. The second-order valence-corrected chi connectivity index (χ2v) is 9.96. The summed E-state index contributed by atoms with van der Waals surface area (Å²) in [5, 5.41) is 21.1. The highest BCUT2D eigenvalue weighted by atomic mass is 32.2. The number of unbranched alkanes of at least 4 members (excludes halogenated alkanes) is 4. The number of thioether (sulfide) groups is 1. The predicted molar refractivity (Wildman–Crippen MR) is 114 cm³/mol. The second-order valence-electron chi connectivity index (χ2n) is 8.74. The van der Waals surface area contributed by atoms with E-state index in [0.29, 0.717) is 31.6 Å². The van der Waals surface area contributed by atoms with Crippen LogP contribution < -0.4 is 0 Å². The average Bonchev–Trinajstić information content (AvgIpc) is 2.99. The van der Waals surface area contributed by atoms with Crippen LogP contribution in [-0.4, -0.2) is 51.7 Å². The standard InChI is InChI=1S/C22H39F3O4S/c1-3-29-20(27)11-7-5-4-6-10-17-18(26)12-13-19(17)30-16-21(2,28)14-8-9-15-22(23,24)25/h17-19,26,28H,3-16H2,1-2H3. The van der Waals surface area contributed by atoms with Gasteiger partial charge in [-0.25, -0.2) is 0 Å². The average molecular weight is 457 g/mol. The topological polar surface area (TPSA) is 66.8 Å². The summed E-state index contributed by atoms with van der Waals surface area (Å²) in [4.78, 5) is 11.3. The van der Waals surface area contributed by atoms with Crippen LogP contribution in [0.4, 0.5) is 13.2 Å². The molecule has 1 saturated carbocycles. The van der Waals surface area contributed by atoms with Crippen molar-refractivity contribution in [1.29, 1.82) is 0 Å². The van der Waals surface area contributed by atoms with E-state index in [1.54, 1.807) is 25.6 Å². The first-order chi connectivity index (χ1) is 14.0. The minimum Gasteiger partial charge on any atom is -0.466 e. The molecule has 0 spiro atoms. The molecule has 0 radical (unpaired) electrons. The summed E-state index contributed by atoms with van der Waals surface area (Å²) in [6, 6.07) is 0. The van der Waals surface area contributed by atoms with Crippen LogP contribution in [0.3, 0.4) is 0 Å². The van der Waals surface area contributed by atoms with Gasteiger partial charge in [0.1, 0.15) is 0 Å². The molecular formula is C22H39F3O4S. The van der Waals surface area contributed by atoms with E-state index in [2.05, 4.69) is 0 Å². The van der Waals surface area contributed by atoms with Gasteiger partial charge in [-0.2, -0.15) is 24.9 Å². The molecule has 1 aliphatic rings. The van der Waals surface area contributed by atoms with Crippen molar-refractivity contribution in [1.82, 2.24) is 0 Å². The number of esters is 1. The maximum atomic E-state index is 12.2. The van der Waals surface area contributed by atoms with Gasteiger partial charge in [-0.05, 0) is 58.3 Å². The van der Waals surface area contributed by atoms with Gasteiger partial charge in [0.2, 0.25) is 0 Å². The Hall–Kier alpha value is -0.470. The maximum absolute atomic E-state index is 12.2. The molecule has 178 valence electrons. The van der Waals surface area contributed by atoms with Crippen LogP contribution in [0.15, 0.2) is 0 Å². The minimum absolute atomic E-state index is 0.0469. The van der Waals surface area contributed by atoms with Crippen molar-refractivity contribution in [3.05, 3.63) is 0 Å². The first-order valence-corrected chi connectivity index (χ1v) is 12.3. The maximum Gasteiger partial charge on any atom is 0.389 e. The molecule has 4 atom stereocenters. The molecule has 2 N–H and O–H groups in total. The molecule has 0 heterocycles. The summed E-state index contributed by atoms with van der Waals surface area (Å²) in [6.45, 7) is 3.90. The lowest BCUT2D eigenvalue weighted by Crippen LogP contribution is -2.30. The highest BCUT2D eigenvalue weighted by Crippen LogP contribution is 2.40. The van der Waals surface area contributed by atoms with E-state index in [1.807, 2.05) is 0 Å². The summed E-state index contributed by atoms with van der Waals surface area (Å²) in [5.74, 6) is 0.527. The fourth-order valence-electron chi connectivity index (χ4n) is 4.02. The van der Waals surface area contributed by atoms with Gasteiger partial charge in [-0.1, -0.05) is 25.7 Å². The summed E-state index contributed by atoms with van der Waals surface area (Å²) in [6.07, 6.45) is 2.35. The highest BCUT2D eigenvalue weighted by molar-refractivity contribution is 8.00. The quantitative estimate of drug-likeness (QED) is 0.247. The van der Waals surface area contributed by atoms with Gasteiger partial charge in [0, 0.05) is 23.8 Å². The Morgan fingerprint density at radius 3 is 2.40 bits per heavy atom. The van der Waals surface area contributed by atoms with Crippen molar-refractivity contribution in [3.8, 4) is 0 Å². The summed E-state index contributed by atoms with van der Waals surface area (Å²) >= 11 is 1.65. The van der Waals surface area contributed by atoms with Crippen molar-refractivity contribution < 1.29 is 32.9 Å². The van der Waals surface area contributed by atoms with Crippen LogP contribution >= 0.6 is 11.8 Å². The minimum atomic E-state index is -4.13. The van der Waals surface area contributed by atoms with Crippen LogP contribution in [0.5, 0.6) is 0 Å². The zero-order chi connectivity index (χ0) is 22.6. The van der Waals surface area contributed by atoms with Crippen LogP contribution in [-0.2, 0) is 9.53 Å². The van der Waals surface area contributed by atoms with E-state index < -0.39 is 18.2 Å². The fourth-order valence-corrected chi connectivity index (χ4v) is 5.61. The Bertz CT molecular complexity index is 485. The molecule has 4 unspecified atom stereocenters. The molecule has 1 fully saturated rings. The molecule has 0 aliphatic heterocycles. The largest absolute Gasteiger partial charge is 0.466 e. The van der Waals surface area contributed by atoms with E-state index in [9.17, 15) is 28.2 Å². The lowest BCUT2D eigenvalue weighted by Gasteiger charge is -2.27. The Morgan fingerprint density at radius 2 is 1.73 bits per heavy atom. The molecule has 4 nitrogen and oxygen atoms in total. The van der Waals surface area contributed by atoms with E-state index in [1.165, 1.54) is 0 Å². The third-order valence-corrected chi connectivity index (χ3v) is 7.53. The van der Waals surface area contributed by atoms with Crippen molar-refractivity contribution in [2.75, 3.05) is 12.4 Å². The summed E-state index contributed by atoms with van der Waals surface area (Å²) in [5.41, 5.74) is -0.985. The van der Waals surface area contributed by atoms with Crippen molar-refractivity contribution in [2.24, 2.45) is 5.92 Å². The number of ether oxygens (including phenoxy) is 1. The molecular weight excluding hydrogens is 417 g/mol. The lowest BCUT2D eigenvalue weighted by molar-refractivity contribution is -0.143. The first-order valence-electron chi connectivity index (χ1n) is 11.3. The lowest BCUT2D eigenvalue weighted by atomic mass is 9.97. The van der Waals surface area contributed by atoms with E-state index >= 15 is 0 Å². The molecule has 0 aromatic rings. The van der Waals surface area contributed by atoms with Gasteiger partial charge < -0.3 is 14.9 Å². The Balaban J connectivity index is 2.25. The second kappa shape index (κ2) is 13.8. The third kappa shape index (κ3) is 12.4. The molecule has 1 rings (SSSR count). The number of aliphatic hydroxyl groups is 2. The Kier molecular flexibility index (Phi) is 12.7. The van der Waals surface area contributed by atoms with E-state index in [-0.39, 0.29) is 29.7 Å². The number of carbonyl (C=O) groups excluding carboxylic acids is 1. The number of hydrogen-bond donors (Lipinski definition) is 2. The molecule has 0 bridgehead atoms. The number of carbonyl (C=O) groups is 1. The van der Waals surface area contributed by atoms with Crippen LogP contribution in [0, 0.1) is 5.92 Å². The monoisotopic (exact) mass is 456 g/mol. The highest BCUT2D eigenvalue weighted by Gasteiger charge is 2.36. The summed E-state index contributed by atoms with van der Waals surface area (Å²) < 4.78 is 41.6. The number of rotatable bonds is 15. The first kappa shape index (κ1) is 27.6. The zero-order valence-electron chi connectivity index (χ0n) is 18.4. The molecule has 1 aliphatic carbocycles. The number of alkyl halides is 3. The van der Waals surface area contributed by atoms with Crippen molar-refractivity contribution >= 4 is 17.7 Å². The number of hydrogen-bond acceptors (Lipinski definition) is 5. The van der Waals surface area contributed by atoms with Crippen LogP contribution in [0.25, 0.3) is 0 Å². The Labute approximate surface area is 183 Å². The predicted octanol–water partition coefficient (Wildman–Crippen LogP) is 5.64. The number of halogens is 3. The molecule has 8 heteroatoms. The Morgan fingerprint density at radius 1 is 1.07 bits per heavy atom. The van der Waals surface area contributed by atoms with Gasteiger partial charge in [0.25, 0.3) is 0 Å². The van der Waals surface area contributed by atoms with Crippen LogP contribution in [0.2, 0.25) is 0 Å². The van der Waals surface area contributed by atoms with Gasteiger partial charge >= 0.3 is 12.1 Å².